The molecule has 0 spiro atoms. The van der Waals surface area contributed by atoms with E-state index in [4.69, 9.17) is 0 Å². The minimum absolute atomic E-state index is 0.0358. The molecule has 0 aliphatic heterocycles. The molecule has 0 amide bonds. The van der Waals surface area contributed by atoms with Crippen LogP contribution in [0.4, 0.5) is 0 Å². The third-order valence-electron chi connectivity index (χ3n) is 10.5. The highest BCUT2D eigenvalue weighted by Crippen LogP contribution is 2.65. The molecule has 7 nitrogen and oxygen atoms in total. The minimum atomic E-state index is -2.61. The van der Waals surface area contributed by atoms with Crippen molar-refractivity contribution in [1.82, 2.24) is 0 Å². The summed E-state index contributed by atoms with van der Waals surface area (Å²) >= 11 is 0. The molecule has 4 atom stereocenters. The number of ketones is 3. The van der Waals surface area contributed by atoms with Crippen molar-refractivity contribution in [2.45, 2.75) is 92.1 Å². The van der Waals surface area contributed by atoms with Crippen molar-refractivity contribution in [3.05, 3.63) is 86.9 Å². The number of benzene rings is 2. The lowest BCUT2D eigenvalue weighted by molar-refractivity contribution is -0.171. The van der Waals surface area contributed by atoms with Crippen molar-refractivity contribution in [1.29, 1.82) is 0 Å². The van der Waals surface area contributed by atoms with Gasteiger partial charge in [-0.1, -0.05) is 77.9 Å². The van der Waals surface area contributed by atoms with Gasteiger partial charge in [0.2, 0.25) is 5.78 Å². The second-order valence-corrected chi connectivity index (χ2v) is 14.3. The van der Waals surface area contributed by atoms with Crippen molar-refractivity contribution in [3.8, 4) is 5.75 Å². The highest BCUT2D eigenvalue weighted by Gasteiger charge is 2.71. The number of fused-ring (bicyclic) bond motifs is 3. The van der Waals surface area contributed by atoms with E-state index in [2.05, 4.69) is 12.1 Å². The largest absolute Gasteiger partial charge is 0.511 e. The first-order valence-corrected chi connectivity index (χ1v) is 15.6. The van der Waals surface area contributed by atoms with Gasteiger partial charge in [-0.2, -0.15) is 0 Å². The van der Waals surface area contributed by atoms with Crippen molar-refractivity contribution < 1.29 is 34.8 Å². The van der Waals surface area contributed by atoms with Gasteiger partial charge in [0.05, 0.1) is 5.56 Å². The third-order valence-corrected chi connectivity index (χ3v) is 10.5. The van der Waals surface area contributed by atoms with Crippen molar-refractivity contribution >= 4 is 17.3 Å². The first-order valence-electron chi connectivity index (χ1n) is 15.6. The summed E-state index contributed by atoms with van der Waals surface area (Å²) in [5.74, 6) is -4.87. The van der Waals surface area contributed by atoms with E-state index in [1.807, 2.05) is 58.9 Å². The third kappa shape index (κ3) is 4.38. The zero-order valence-corrected chi connectivity index (χ0v) is 26.7. The fourth-order valence-corrected chi connectivity index (χ4v) is 8.72. The van der Waals surface area contributed by atoms with Crippen LogP contribution in [0.2, 0.25) is 0 Å². The summed E-state index contributed by atoms with van der Waals surface area (Å²) in [6.07, 6.45) is 2.46. The lowest BCUT2D eigenvalue weighted by Gasteiger charge is -2.59. The van der Waals surface area contributed by atoms with Gasteiger partial charge < -0.3 is 20.4 Å². The zero-order valence-electron chi connectivity index (χ0n) is 26.7. The molecule has 0 bridgehead atoms. The number of aromatic hydroxyl groups is 1. The van der Waals surface area contributed by atoms with Crippen LogP contribution in [-0.2, 0) is 28.9 Å². The zero-order chi connectivity index (χ0) is 32.5. The van der Waals surface area contributed by atoms with Crippen molar-refractivity contribution in [3.63, 3.8) is 0 Å². The van der Waals surface area contributed by atoms with Crippen LogP contribution in [0.1, 0.15) is 99.8 Å². The van der Waals surface area contributed by atoms with Gasteiger partial charge in [0.15, 0.2) is 17.2 Å². The Labute approximate surface area is 259 Å². The molecule has 7 heteroatoms. The van der Waals surface area contributed by atoms with Gasteiger partial charge in [0, 0.05) is 22.3 Å². The Balaban J connectivity index is 1.69. The quantitative estimate of drug-likeness (QED) is 0.262. The van der Waals surface area contributed by atoms with Crippen LogP contribution in [0.5, 0.6) is 5.75 Å². The van der Waals surface area contributed by atoms with Crippen LogP contribution in [0.15, 0.2) is 59.1 Å². The topological polar surface area (TPSA) is 132 Å². The predicted molar refractivity (Wildman–Crippen MR) is 168 cm³/mol. The number of aliphatic hydroxyl groups is 3. The average Bonchev–Trinajstić information content (AvgIpc) is 2.92. The van der Waals surface area contributed by atoms with Crippen molar-refractivity contribution in [2.24, 2.45) is 22.7 Å². The molecule has 0 radical (unpaired) electrons. The molecule has 2 aromatic rings. The van der Waals surface area contributed by atoms with E-state index >= 15 is 0 Å². The number of aryl methyl sites for hydroxylation is 2. The monoisotopic (exact) mass is 600 g/mol. The van der Waals surface area contributed by atoms with Crippen LogP contribution in [-0.4, -0.2) is 43.4 Å². The standard InChI is InChI=1S/C37H44O7/c1-19(2)24-16-23(15-11-14-22-12-9-8-10-13-22)30(39)27-25(24)17-35(6)18-36(7)28(20(3)4)31(40)26(21(5)38)33(42)37(36,44)34(43)29(35)32(27)41/h8-10,12-13,16,19-20,28,39-40,43-44H,11,14-15,17-18H2,1-7H3/t28?,35-,36-,37+/m1/s1. The van der Waals surface area contributed by atoms with Crippen LogP contribution in [0.3, 0.4) is 0 Å². The molecule has 2 aromatic carbocycles. The predicted octanol–water partition coefficient (Wildman–Crippen LogP) is 6.65. The number of carbonyl (C=O) groups excluding carboxylic acids is 3. The van der Waals surface area contributed by atoms with Crippen LogP contribution < -0.4 is 0 Å². The summed E-state index contributed by atoms with van der Waals surface area (Å²) in [7, 11) is 0. The molecular formula is C37H44O7. The van der Waals surface area contributed by atoms with E-state index in [1.54, 1.807) is 6.92 Å². The first-order chi connectivity index (χ1) is 20.5. The lowest BCUT2D eigenvalue weighted by atomic mass is 9.44. The summed E-state index contributed by atoms with van der Waals surface area (Å²) in [5, 5.41) is 47.1. The van der Waals surface area contributed by atoms with Crippen LogP contribution in [0, 0.1) is 22.7 Å². The molecule has 3 aliphatic rings. The molecule has 0 fully saturated rings. The van der Waals surface area contributed by atoms with Gasteiger partial charge in [0.1, 0.15) is 22.8 Å². The number of aliphatic hydroxyl groups excluding tert-OH is 2. The number of hydrogen-bond acceptors (Lipinski definition) is 7. The number of phenols is 1. The van der Waals surface area contributed by atoms with E-state index in [1.165, 1.54) is 5.56 Å². The molecular weight excluding hydrogens is 556 g/mol. The maximum atomic E-state index is 14.5. The molecule has 3 aliphatic carbocycles. The van der Waals surface area contributed by atoms with E-state index in [9.17, 15) is 34.8 Å². The summed E-state index contributed by atoms with van der Waals surface area (Å²) < 4.78 is 0. The van der Waals surface area contributed by atoms with Gasteiger partial charge in [-0.15, -0.1) is 0 Å². The summed E-state index contributed by atoms with van der Waals surface area (Å²) in [6.45, 7) is 12.4. The normalized spacial score (nSPS) is 28.4. The fourth-order valence-electron chi connectivity index (χ4n) is 8.72. The fraction of sp³-hybridized carbons (Fsp3) is 0.486. The Kier molecular flexibility index (Phi) is 7.73. The minimum Gasteiger partial charge on any atom is -0.511 e. The number of Topliss-reactive ketones (excluding diaryl/α,β-unsaturated/α-hetero) is 3. The van der Waals surface area contributed by atoms with Crippen LogP contribution >= 0.6 is 0 Å². The van der Waals surface area contributed by atoms with Gasteiger partial charge in [0.25, 0.3) is 0 Å². The number of phenolic OH excluding ortho intramolecular Hbond substituents is 1. The van der Waals surface area contributed by atoms with Gasteiger partial charge >= 0.3 is 0 Å². The Bertz CT molecular complexity index is 1630. The number of carbonyl (C=O) groups is 3. The van der Waals surface area contributed by atoms with Gasteiger partial charge in [-0.25, -0.2) is 0 Å². The average molecular weight is 601 g/mol. The molecule has 0 heterocycles. The molecule has 0 aromatic heterocycles. The summed E-state index contributed by atoms with van der Waals surface area (Å²) in [5.41, 5.74) is -2.17. The maximum absolute atomic E-state index is 14.5. The lowest BCUT2D eigenvalue weighted by Crippen LogP contribution is -2.67. The second-order valence-electron chi connectivity index (χ2n) is 14.3. The Morgan fingerprint density at radius 1 is 1.00 bits per heavy atom. The SMILES string of the molecule is CC(=O)C1=C(O)C(C(C)C)[C@@]2(C)C[C@@]3(C)Cc4c(C(C)C)cc(CCCc5ccccc5)c(O)c4C(=O)C3=C(O)[C@@]2(O)C1=O. The Hall–Kier alpha value is -3.71. The number of hydrogen-bond donors (Lipinski definition) is 4. The molecule has 4 N–H and O–H groups in total. The molecule has 5 rings (SSSR count). The van der Waals surface area contributed by atoms with E-state index in [0.717, 1.165) is 25.3 Å². The summed E-state index contributed by atoms with van der Waals surface area (Å²) in [6, 6.07) is 12.0. The van der Waals surface area contributed by atoms with Crippen LogP contribution in [0.25, 0.3) is 0 Å². The number of allylic oxidation sites excluding steroid dienone is 2. The Morgan fingerprint density at radius 2 is 1.64 bits per heavy atom. The highest BCUT2D eigenvalue weighted by molar-refractivity contribution is 6.25. The Morgan fingerprint density at radius 3 is 2.20 bits per heavy atom. The van der Waals surface area contributed by atoms with E-state index < -0.39 is 51.0 Å². The molecule has 44 heavy (non-hydrogen) atoms. The first kappa shape index (κ1) is 31.7. The van der Waals surface area contributed by atoms with E-state index in [0.29, 0.717) is 17.5 Å². The van der Waals surface area contributed by atoms with Gasteiger partial charge in [-0.3, -0.25) is 14.4 Å². The maximum Gasteiger partial charge on any atom is 0.209 e. The molecule has 1 unspecified atom stereocenters. The number of rotatable bonds is 7. The van der Waals surface area contributed by atoms with E-state index in [-0.39, 0.29) is 47.3 Å². The molecule has 0 saturated carbocycles. The van der Waals surface area contributed by atoms with Crippen molar-refractivity contribution in [2.75, 3.05) is 0 Å². The second kappa shape index (κ2) is 10.7. The smallest absolute Gasteiger partial charge is 0.209 e. The van der Waals surface area contributed by atoms with Gasteiger partial charge in [-0.05, 0) is 73.1 Å². The molecule has 0 saturated heterocycles. The summed E-state index contributed by atoms with van der Waals surface area (Å²) in [4.78, 5) is 41.0. The highest BCUT2D eigenvalue weighted by atomic mass is 16.3. The molecule has 234 valence electrons.